The maximum Gasteiger partial charge on any atom is 0.0727 e. The van der Waals surface area contributed by atoms with Crippen molar-refractivity contribution < 1.29 is 0 Å². The molecule has 0 aliphatic rings. The van der Waals surface area contributed by atoms with Crippen LogP contribution in [0.2, 0.25) is 0 Å². The van der Waals surface area contributed by atoms with Crippen LogP contribution in [0, 0.1) is 0 Å². The van der Waals surface area contributed by atoms with E-state index in [0.29, 0.717) is 4.99 Å². The van der Waals surface area contributed by atoms with Crippen molar-refractivity contribution in [1.29, 1.82) is 0 Å². The molecule has 0 bridgehead atoms. The molecule has 0 fully saturated rings. The molecule has 0 amide bonds. The highest BCUT2D eigenvalue weighted by atomic mass is 32.1. The molecular weight excluding hydrogens is 218 g/mol. The number of thiocarbonyl (C=S) groups is 1. The number of hydrogen-bond acceptors (Lipinski definition) is 3. The Labute approximate surface area is 106 Å². The maximum atomic E-state index is 5.48. The highest BCUT2D eigenvalue weighted by Gasteiger charge is 2.04. The van der Waals surface area contributed by atoms with Crippen molar-refractivity contribution in [1.82, 2.24) is 9.80 Å². The fraction of sp³-hybridized carbons (Fsp3) is 0.917. The molecule has 0 aromatic carbocycles. The predicted octanol–water partition coefficient (Wildman–Crippen LogP) is 1.72. The molecule has 0 rings (SSSR count). The summed E-state index contributed by atoms with van der Waals surface area (Å²) in [6.07, 6.45) is 4.44. The fourth-order valence-electron chi connectivity index (χ4n) is 1.63. The summed E-state index contributed by atoms with van der Waals surface area (Å²) in [5.74, 6) is 0. The summed E-state index contributed by atoms with van der Waals surface area (Å²) in [6, 6.07) is 0. The number of likely N-dealkylation sites (N-methyl/N-ethyl adjacent to an activating group) is 1. The molecule has 0 saturated carbocycles. The van der Waals surface area contributed by atoms with Crippen LogP contribution in [0.4, 0.5) is 0 Å². The minimum absolute atomic E-state index is 0.648. The number of hydrogen-bond donors (Lipinski definition) is 1. The van der Waals surface area contributed by atoms with Gasteiger partial charge in [0.1, 0.15) is 0 Å². The first-order valence-corrected chi connectivity index (χ1v) is 6.62. The van der Waals surface area contributed by atoms with Gasteiger partial charge in [0, 0.05) is 13.1 Å². The van der Waals surface area contributed by atoms with E-state index in [9.17, 15) is 0 Å². The first-order chi connectivity index (χ1) is 7.56. The Bertz CT molecular complexity index is 183. The lowest BCUT2D eigenvalue weighted by Crippen LogP contribution is -2.33. The first kappa shape index (κ1) is 15.8. The Hall–Kier alpha value is -0.190. The number of nitrogens with zero attached hydrogens (tertiary/aromatic N) is 2. The van der Waals surface area contributed by atoms with Crippen LogP contribution in [0.25, 0.3) is 0 Å². The molecule has 0 unspecified atom stereocenters. The maximum absolute atomic E-state index is 5.48. The molecule has 0 aliphatic carbocycles. The second kappa shape index (κ2) is 10.00. The Kier molecular flexibility index (Phi) is 9.88. The summed E-state index contributed by atoms with van der Waals surface area (Å²) in [6.45, 7) is 6.89. The van der Waals surface area contributed by atoms with Gasteiger partial charge in [-0.05, 0) is 52.9 Å². The van der Waals surface area contributed by atoms with Gasteiger partial charge in [-0.15, -0.1) is 0 Å². The van der Waals surface area contributed by atoms with Crippen LogP contribution in [0.3, 0.4) is 0 Å². The van der Waals surface area contributed by atoms with Gasteiger partial charge in [-0.25, -0.2) is 0 Å². The topological polar surface area (TPSA) is 32.5 Å². The van der Waals surface area contributed by atoms with Gasteiger partial charge in [0.2, 0.25) is 0 Å². The smallest absolute Gasteiger partial charge is 0.0727 e. The zero-order chi connectivity index (χ0) is 12.4. The second-order valence-electron chi connectivity index (χ2n) is 4.57. The molecule has 0 aromatic heterocycles. The molecule has 0 aromatic rings. The van der Waals surface area contributed by atoms with E-state index in [1.165, 1.54) is 25.9 Å². The lowest BCUT2D eigenvalue weighted by Gasteiger charge is -2.23. The zero-order valence-corrected chi connectivity index (χ0v) is 11.9. The van der Waals surface area contributed by atoms with E-state index in [0.717, 1.165) is 25.9 Å². The second-order valence-corrected chi connectivity index (χ2v) is 5.09. The Balaban J connectivity index is 3.62. The molecule has 2 N–H and O–H groups in total. The minimum atomic E-state index is 0.648. The average Bonchev–Trinajstić information content (AvgIpc) is 2.20. The lowest BCUT2D eigenvalue weighted by atomic mass is 10.2. The molecule has 96 valence electrons. The van der Waals surface area contributed by atoms with Gasteiger partial charge in [0.05, 0.1) is 4.99 Å². The highest BCUT2D eigenvalue weighted by Crippen LogP contribution is 2.00. The van der Waals surface area contributed by atoms with E-state index in [1.54, 1.807) is 0 Å². The quantitative estimate of drug-likeness (QED) is 0.469. The predicted molar refractivity (Wildman–Crippen MR) is 75.9 cm³/mol. The third-order valence-electron chi connectivity index (χ3n) is 2.55. The number of nitrogens with two attached hydrogens (primary N) is 1. The van der Waals surface area contributed by atoms with E-state index in [1.807, 2.05) is 0 Å². The van der Waals surface area contributed by atoms with Crippen molar-refractivity contribution in [2.45, 2.75) is 32.6 Å². The van der Waals surface area contributed by atoms with Crippen LogP contribution in [0.15, 0.2) is 0 Å². The van der Waals surface area contributed by atoms with Crippen LogP contribution < -0.4 is 5.73 Å². The summed E-state index contributed by atoms with van der Waals surface area (Å²) < 4.78 is 0. The summed E-state index contributed by atoms with van der Waals surface area (Å²) in [5, 5.41) is 0. The molecular formula is C12H27N3S. The largest absolute Gasteiger partial charge is 0.393 e. The summed E-state index contributed by atoms with van der Waals surface area (Å²) >= 11 is 4.87. The van der Waals surface area contributed by atoms with Crippen LogP contribution >= 0.6 is 12.2 Å². The van der Waals surface area contributed by atoms with Crippen molar-refractivity contribution in [2.75, 3.05) is 40.3 Å². The van der Waals surface area contributed by atoms with E-state index >= 15 is 0 Å². The monoisotopic (exact) mass is 245 g/mol. The molecule has 0 radical (unpaired) electrons. The molecule has 0 spiro atoms. The summed E-state index contributed by atoms with van der Waals surface area (Å²) in [5.41, 5.74) is 5.48. The van der Waals surface area contributed by atoms with Crippen molar-refractivity contribution in [3.8, 4) is 0 Å². The molecule has 0 aliphatic heterocycles. The fourth-order valence-corrected chi connectivity index (χ4v) is 1.77. The molecule has 0 heterocycles. The van der Waals surface area contributed by atoms with Gasteiger partial charge in [-0.2, -0.15) is 0 Å². The van der Waals surface area contributed by atoms with E-state index in [4.69, 9.17) is 18.0 Å². The van der Waals surface area contributed by atoms with Crippen molar-refractivity contribution in [2.24, 2.45) is 5.73 Å². The van der Waals surface area contributed by atoms with Gasteiger partial charge in [0.25, 0.3) is 0 Å². The molecule has 0 saturated heterocycles. The van der Waals surface area contributed by atoms with Gasteiger partial charge in [-0.1, -0.05) is 19.1 Å². The van der Waals surface area contributed by atoms with Gasteiger partial charge >= 0.3 is 0 Å². The normalized spacial score (nSPS) is 11.3. The van der Waals surface area contributed by atoms with Gasteiger partial charge in [-0.3, -0.25) is 0 Å². The Morgan fingerprint density at radius 2 is 1.75 bits per heavy atom. The van der Waals surface area contributed by atoms with Crippen molar-refractivity contribution in [3.05, 3.63) is 0 Å². The lowest BCUT2D eigenvalue weighted by molar-refractivity contribution is 0.237. The van der Waals surface area contributed by atoms with Crippen LogP contribution in [-0.4, -0.2) is 55.1 Å². The third kappa shape index (κ3) is 10.3. The molecule has 16 heavy (non-hydrogen) atoms. The SMILES string of the molecule is CCCN(CCCCC(N)=S)CCN(C)C. The molecule has 4 heteroatoms. The summed E-state index contributed by atoms with van der Waals surface area (Å²) in [4.78, 5) is 5.41. The van der Waals surface area contributed by atoms with Crippen molar-refractivity contribution >= 4 is 17.2 Å². The summed E-state index contributed by atoms with van der Waals surface area (Å²) in [7, 11) is 4.24. The number of unbranched alkanes of at least 4 members (excludes halogenated alkanes) is 1. The average molecular weight is 245 g/mol. The standard InChI is InChI=1S/C12H27N3S/c1-4-8-15(11-10-14(2)3)9-6-5-7-12(13)16/h4-11H2,1-3H3,(H2,13,16). The van der Waals surface area contributed by atoms with Gasteiger partial charge < -0.3 is 15.5 Å². The zero-order valence-electron chi connectivity index (χ0n) is 11.0. The highest BCUT2D eigenvalue weighted by molar-refractivity contribution is 7.80. The Morgan fingerprint density at radius 3 is 2.25 bits per heavy atom. The van der Waals surface area contributed by atoms with E-state index in [-0.39, 0.29) is 0 Å². The van der Waals surface area contributed by atoms with Crippen LogP contribution in [0.1, 0.15) is 32.6 Å². The van der Waals surface area contributed by atoms with Gasteiger partial charge in [0.15, 0.2) is 0 Å². The third-order valence-corrected chi connectivity index (χ3v) is 2.75. The molecule has 0 atom stereocenters. The van der Waals surface area contributed by atoms with Crippen molar-refractivity contribution in [3.63, 3.8) is 0 Å². The van der Waals surface area contributed by atoms with E-state index in [2.05, 4.69) is 30.8 Å². The molecule has 3 nitrogen and oxygen atoms in total. The van der Waals surface area contributed by atoms with Crippen LogP contribution in [-0.2, 0) is 0 Å². The number of rotatable bonds is 10. The minimum Gasteiger partial charge on any atom is -0.393 e. The Morgan fingerprint density at radius 1 is 1.06 bits per heavy atom. The first-order valence-electron chi connectivity index (χ1n) is 6.21. The van der Waals surface area contributed by atoms with E-state index < -0.39 is 0 Å². The van der Waals surface area contributed by atoms with Crippen LogP contribution in [0.5, 0.6) is 0 Å².